The van der Waals surface area contributed by atoms with Crippen LogP contribution in [0.15, 0.2) is 59.2 Å². The van der Waals surface area contributed by atoms with Crippen LogP contribution in [-0.4, -0.2) is 16.4 Å². The summed E-state index contributed by atoms with van der Waals surface area (Å²) >= 11 is 3.38. The van der Waals surface area contributed by atoms with Crippen molar-refractivity contribution in [3.05, 3.63) is 64.8 Å². The monoisotopic (exact) mass is 396 g/mol. The molecule has 0 saturated carbocycles. The highest BCUT2D eigenvalue weighted by atomic mass is 79.9. The van der Waals surface area contributed by atoms with Gasteiger partial charge in [-0.2, -0.15) is 0 Å². The van der Waals surface area contributed by atoms with Gasteiger partial charge < -0.3 is 4.57 Å². The number of aromatic nitrogens is 1. The van der Waals surface area contributed by atoms with Gasteiger partial charge in [-0.1, -0.05) is 34.1 Å². The van der Waals surface area contributed by atoms with Gasteiger partial charge in [-0.3, -0.25) is 14.5 Å². The summed E-state index contributed by atoms with van der Waals surface area (Å²) in [6.45, 7) is 2.90. The second-order valence-electron chi connectivity index (χ2n) is 6.19. The van der Waals surface area contributed by atoms with Crippen LogP contribution in [0, 0.1) is 0 Å². The van der Waals surface area contributed by atoms with Gasteiger partial charge in [-0.05, 0) is 42.8 Å². The number of hydrogen-bond acceptors (Lipinski definition) is 2. The smallest absolute Gasteiger partial charge is 0.241 e. The van der Waals surface area contributed by atoms with Crippen LogP contribution in [0.1, 0.15) is 24.8 Å². The van der Waals surface area contributed by atoms with Crippen molar-refractivity contribution in [1.82, 2.24) is 4.57 Å². The number of carbonyl (C=O) groups excluding carboxylic acids is 2. The van der Waals surface area contributed by atoms with Gasteiger partial charge in [-0.15, -0.1) is 0 Å². The van der Waals surface area contributed by atoms with Crippen LogP contribution < -0.4 is 4.90 Å². The van der Waals surface area contributed by atoms with Crippen molar-refractivity contribution in [3.63, 3.8) is 0 Å². The first kappa shape index (κ1) is 16.1. The molecule has 0 N–H and O–H groups in total. The Morgan fingerprint density at radius 1 is 1.08 bits per heavy atom. The van der Waals surface area contributed by atoms with E-state index in [4.69, 9.17) is 0 Å². The largest absolute Gasteiger partial charge is 0.347 e. The molecule has 1 aliphatic rings. The number of carbonyl (C=O) groups is 2. The lowest BCUT2D eigenvalue weighted by molar-refractivity contribution is -0.121. The molecule has 1 saturated heterocycles. The second-order valence-corrected chi connectivity index (χ2v) is 7.10. The van der Waals surface area contributed by atoms with E-state index >= 15 is 0 Å². The Morgan fingerprint density at radius 3 is 2.52 bits per heavy atom. The zero-order valence-corrected chi connectivity index (χ0v) is 15.4. The van der Waals surface area contributed by atoms with Gasteiger partial charge in [0, 0.05) is 34.5 Å². The highest BCUT2D eigenvalue weighted by molar-refractivity contribution is 9.10. The Morgan fingerprint density at radius 2 is 1.80 bits per heavy atom. The van der Waals surface area contributed by atoms with Crippen molar-refractivity contribution >= 4 is 44.3 Å². The standard InChI is InChI=1S/C20H17BrN2O2/c1-2-22-12-17(15-5-3-4-6-18(15)22)16-11-19(24)23(20(16)25)14-9-7-13(21)8-10-14/h3-10,12,16H,2,11H2,1H3. The minimum atomic E-state index is -0.422. The number of para-hydroxylation sites is 1. The van der Waals surface area contributed by atoms with Crippen LogP contribution >= 0.6 is 15.9 Å². The summed E-state index contributed by atoms with van der Waals surface area (Å²) in [6.07, 6.45) is 2.23. The van der Waals surface area contributed by atoms with Gasteiger partial charge in [0.1, 0.15) is 0 Å². The zero-order valence-electron chi connectivity index (χ0n) is 13.8. The second kappa shape index (κ2) is 6.15. The van der Waals surface area contributed by atoms with Crippen molar-refractivity contribution < 1.29 is 9.59 Å². The predicted molar refractivity (Wildman–Crippen MR) is 102 cm³/mol. The molecule has 126 valence electrons. The number of fused-ring (bicyclic) bond motifs is 1. The first-order valence-electron chi connectivity index (χ1n) is 8.30. The number of halogens is 1. The third-order valence-electron chi connectivity index (χ3n) is 4.77. The minimum absolute atomic E-state index is 0.147. The van der Waals surface area contributed by atoms with E-state index in [2.05, 4.69) is 33.5 Å². The van der Waals surface area contributed by atoms with E-state index in [1.165, 1.54) is 4.90 Å². The number of aryl methyl sites for hydroxylation is 1. The van der Waals surface area contributed by atoms with E-state index in [1.54, 1.807) is 12.1 Å². The van der Waals surface area contributed by atoms with E-state index in [0.717, 1.165) is 27.5 Å². The van der Waals surface area contributed by atoms with Crippen molar-refractivity contribution in [1.29, 1.82) is 0 Å². The Bertz CT molecular complexity index is 975. The van der Waals surface area contributed by atoms with Gasteiger partial charge in [0.25, 0.3) is 0 Å². The molecule has 5 heteroatoms. The molecule has 3 aromatic rings. The summed E-state index contributed by atoms with van der Waals surface area (Å²) in [5, 5.41) is 1.05. The fourth-order valence-electron chi connectivity index (χ4n) is 3.55. The maximum Gasteiger partial charge on any atom is 0.241 e. The van der Waals surface area contributed by atoms with E-state index in [-0.39, 0.29) is 18.2 Å². The molecule has 1 fully saturated rings. The van der Waals surface area contributed by atoms with E-state index in [1.807, 2.05) is 36.5 Å². The van der Waals surface area contributed by atoms with Crippen LogP contribution in [0.2, 0.25) is 0 Å². The summed E-state index contributed by atoms with van der Waals surface area (Å²) < 4.78 is 3.04. The third-order valence-corrected chi connectivity index (χ3v) is 5.30. The topological polar surface area (TPSA) is 42.3 Å². The quantitative estimate of drug-likeness (QED) is 0.612. The lowest BCUT2D eigenvalue weighted by Gasteiger charge is -2.15. The first-order valence-corrected chi connectivity index (χ1v) is 9.09. The van der Waals surface area contributed by atoms with Crippen LogP contribution in [0.3, 0.4) is 0 Å². The molecular weight excluding hydrogens is 380 g/mol. The number of hydrogen-bond donors (Lipinski definition) is 0. The Kier molecular flexibility index (Phi) is 3.96. The predicted octanol–water partition coefficient (Wildman–Crippen LogP) is 4.47. The van der Waals surface area contributed by atoms with Gasteiger partial charge in [0.2, 0.25) is 11.8 Å². The molecule has 0 spiro atoms. The van der Waals surface area contributed by atoms with E-state index < -0.39 is 5.92 Å². The highest BCUT2D eigenvalue weighted by Crippen LogP contribution is 2.37. The maximum atomic E-state index is 13.0. The molecule has 0 aliphatic carbocycles. The van der Waals surface area contributed by atoms with Gasteiger partial charge in [-0.25, -0.2) is 0 Å². The molecule has 0 radical (unpaired) electrons. The molecule has 0 bridgehead atoms. The number of benzene rings is 2. The molecule has 4 rings (SSSR count). The lowest BCUT2D eigenvalue weighted by atomic mass is 9.97. The minimum Gasteiger partial charge on any atom is -0.347 e. The third kappa shape index (κ3) is 2.59. The molecular formula is C20H17BrN2O2. The summed E-state index contributed by atoms with van der Waals surface area (Å²) in [4.78, 5) is 26.9. The average molecular weight is 397 g/mol. The number of imide groups is 1. The Balaban J connectivity index is 1.77. The van der Waals surface area contributed by atoms with Crippen LogP contribution in [0.5, 0.6) is 0 Å². The summed E-state index contributed by atoms with van der Waals surface area (Å²) in [5.74, 6) is -0.717. The van der Waals surface area contributed by atoms with Gasteiger partial charge in [0.05, 0.1) is 11.6 Å². The van der Waals surface area contributed by atoms with Crippen LogP contribution in [-0.2, 0) is 16.1 Å². The molecule has 2 amide bonds. The molecule has 1 aliphatic heterocycles. The molecule has 1 aromatic heterocycles. The Labute approximate surface area is 154 Å². The SMILES string of the molecule is CCn1cc(C2CC(=O)N(c3ccc(Br)cc3)C2=O)c2ccccc21. The van der Waals surface area contributed by atoms with E-state index in [0.29, 0.717) is 5.69 Å². The van der Waals surface area contributed by atoms with Gasteiger partial charge in [0.15, 0.2) is 0 Å². The first-order chi connectivity index (χ1) is 12.1. The molecule has 1 atom stereocenters. The van der Waals surface area contributed by atoms with E-state index in [9.17, 15) is 9.59 Å². The van der Waals surface area contributed by atoms with Crippen LogP contribution in [0.25, 0.3) is 10.9 Å². The van der Waals surface area contributed by atoms with Crippen molar-refractivity contribution in [2.75, 3.05) is 4.90 Å². The van der Waals surface area contributed by atoms with Crippen molar-refractivity contribution in [3.8, 4) is 0 Å². The molecule has 25 heavy (non-hydrogen) atoms. The van der Waals surface area contributed by atoms with Crippen molar-refractivity contribution in [2.45, 2.75) is 25.8 Å². The normalized spacial score (nSPS) is 17.7. The van der Waals surface area contributed by atoms with Crippen molar-refractivity contribution in [2.24, 2.45) is 0 Å². The lowest BCUT2D eigenvalue weighted by Crippen LogP contribution is -2.29. The Hall–Kier alpha value is -2.40. The number of rotatable bonds is 3. The average Bonchev–Trinajstić information content (AvgIpc) is 3.13. The van der Waals surface area contributed by atoms with Crippen LogP contribution in [0.4, 0.5) is 5.69 Å². The summed E-state index contributed by atoms with van der Waals surface area (Å²) in [6, 6.07) is 15.3. The molecule has 4 nitrogen and oxygen atoms in total. The fourth-order valence-corrected chi connectivity index (χ4v) is 3.82. The molecule has 1 unspecified atom stereocenters. The van der Waals surface area contributed by atoms with Gasteiger partial charge >= 0.3 is 0 Å². The number of amides is 2. The fraction of sp³-hybridized carbons (Fsp3) is 0.200. The summed E-state index contributed by atoms with van der Waals surface area (Å²) in [5.41, 5.74) is 2.66. The number of nitrogens with zero attached hydrogens (tertiary/aromatic N) is 2. The highest BCUT2D eigenvalue weighted by Gasteiger charge is 2.41. The molecule has 2 heterocycles. The summed E-state index contributed by atoms with van der Waals surface area (Å²) in [7, 11) is 0. The maximum absolute atomic E-state index is 13.0. The number of anilines is 1. The zero-order chi connectivity index (χ0) is 17.6. The molecule has 2 aromatic carbocycles.